The van der Waals surface area contributed by atoms with Crippen LogP contribution in [0, 0.1) is 13.8 Å². The lowest BCUT2D eigenvalue weighted by molar-refractivity contribution is 0.0698. The smallest absolute Gasteiger partial charge is 0.257 e. The zero-order valence-corrected chi connectivity index (χ0v) is 20.1. The Bertz CT molecular complexity index is 1440. The molecule has 0 spiro atoms. The van der Waals surface area contributed by atoms with Crippen LogP contribution < -0.4 is 0 Å². The molecule has 0 saturated carbocycles. The second-order valence-electron chi connectivity index (χ2n) is 8.26. The molecule has 1 aromatic carbocycles. The van der Waals surface area contributed by atoms with Crippen LogP contribution in [0.5, 0.6) is 0 Å². The molecule has 0 radical (unpaired) electrons. The van der Waals surface area contributed by atoms with Gasteiger partial charge in [-0.1, -0.05) is 23.4 Å². The average Bonchev–Trinajstić information content (AvgIpc) is 3.48. The van der Waals surface area contributed by atoms with E-state index >= 15 is 0 Å². The van der Waals surface area contributed by atoms with E-state index in [9.17, 15) is 13.2 Å². The van der Waals surface area contributed by atoms with Gasteiger partial charge < -0.3 is 9.42 Å². The molecule has 35 heavy (non-hydrogen) atoms. The average molecular weight is 493 g/mol. The molecule has 0 unspecified atom stereocenters. The lowest BCUT2D eigenvalue weighted by atomic mass is 10.1. The Balaban J connectivity index is 1.41. The van der Waals surface area contributed by atoms with Crippen molar-refractivity contribution in [3.05, 3.63) is 78.1 Å². The van der Waals surface area contributed by atoms with Crippen LogP contribution in [0.4, 0.5) is 0 Å². The number of piperazine rings is 1. The molecule has 1 amide bonds. The minimum Gasteiger partial charge on any atom is -0.360 e. The number of rotatable bonds is 5. The minimum atomic E-state index is -3.76. The summed E-state index contributed by atoms with van der Waals surface area (Å²) in [6, 6.07) is 13.2. The number of benzene rings is 1. The van der Waals surface area contributed by atoms with Crippen LogP contribution in [0.15, 0.2) is 70.5 Å². The highest BCUT2D eigenvalue weighted by molar-refractivity contribution is 7.89. The number of para-hydroxylation sites is 1. The number of pyridine rings is 1. The van der Waals surface area contributed by atoms with Gasteiger partial charge in [-0.15, -0.1) is 0 Å². The Kier molecular flexibility index (Phi) is 5.95. The van der Waals surface area contributed by atoms with E-state index in [1.165, 1.54) is 4.31 Å². The standard InChI is InChI=1S/C24H24N6O4S/c1-17-23(18(2)34-27-17)35(32,33)29-13-11-28(12-14-29)24(31)21-16-30(20-8-4-3-5-9-20)26-22(21)19-7-6-10-25-15-19/h3-10,15-16H,11-14H2,1-2H3. The first kappa shape index (κ1) is 22.9. The molecular formula is C24H24N6O4S. The van der Waals surface area contributed by atoms with E-state index in [0.29, 0.717) is 17.0 Å². The van der Waals surface area contributed by atoms with Crippen molar-refractivity contribution in [2.24, 2.45) is 0 Å². The highest BCUT2D eigenvalue weighted by Gasteiger charge is 2.35. The number of nitrogens with zero attached hydrogens (tertiary/aromatic N) is 6. The van der Waals surface area contributed by atoms with E-state index in [1.54, 1.807) is 48.1 Å². The molecule has 0 aliphatic carbocycles. The molecular weight excluding hydrogens is 468 g/mol. The normalized spacial score (nSPS) is 14.9. The van der Waals surface area contributed by atoms with Gasteiger partial charge in [-0.2, -0.15) is 9.40 Å². The predicted molar refractivity (Wildman–Crippen MR) is 127 cm³/mol. The SMILES string of the molecule is Cc1noc(C)c1S(=O)(=O)N1CCN(C(=O)c2cn(-c3ccccc3)nc2-c2cccnc2)CC1. The Labute approximate surface area is 202 Å². The third-order valence-corrected chi connectivity index (χ3v) is 8.14. The molecule has 0 atom stereocenters. The van der Waals surface area contributed by atoms with Crippen molar-refractivity contribution in [3.8, 4) is 16.9 Å². The highest BCUT2D eigenvalue weighted by Crippen LogP contribution is 2.27. The summed E-state index contributed by atoms with van der Waals surface area (Å²) in [5.41, 5.74) is 2.84. The Morgan fingerprint density at radius 1 is 1.00 bits per heavy atom. The van der Waals surface area contributed by atoms with Gasteiger partial charge in [-0.3, -0.25) is 9.78 Å². The summed E-state index contributed by atoms with van der Waals surface area (Å²) in [5.74, 6) is 0.0517. The van der Waals surface area contributed by atoms with E-state index in [-0.39, 0.29) is 42.7 Å². The fraction of sp³-hybridized carbons (Fsp3) is 0.250. The van der Waals surface area contributed by atoms with Crippen molar-refractivity contribution in [1.82, 2.24) is 29.1 Å². The number of hydrogen-bond donors (Lipinski definition) is 0. The maximum Gasteiger partial charge on any atom is 0.257 e. The molecule has 3 aromatic heterocycles. The zero-order chi connectivity index (χ0) is 24.6. The third kappa shape index (κ3) is 4.24. The largest absolute Gasteiger partial charge is 0.360 e. The second kappa shape index (κ2) is 9.08. The van der Waals surface area contributed by atoms with Crippen LogP contribution in [0.3, 0.4) is 0 Å². The van der Waals surface area contributed by atoms with Gasteiger partial charge in [-0.25, -0.2) is 13.1 Å². The molecule has 11 heteroatoms. The Morgan fingerprint density at radius 2 is 1.74 bits per heavy atom. The van der Waals surface area contributed by atoms with Gasteiger partial charge in [0.1, 0.15) is 16.3 Å². The van der Waals surface area contributed by atoms with Crippen LogP contribution in [-0.2, 0) is 10.0 Å². The summed E-state index contributed by atoms with van der Waals surface area (Å²) >= 11 is 0. The number of carbonyl (C=O) groups excluding carboxylic acids is 1. The summed E-state index contributed by atoms with van der Waals surface area (Å²) in [5, 5.41) is 8.45. The van der Waals surface area contributed by atoms with Gasteiger partial charge in [-0.05, 0) is 38.1 Å². The zero-order valence-electron chi connectivity index (χ0n) is 19.3. The molecule has 0 N–H and O–H groups in total. The van der Waals surface area contributed by atoms with Crippen molar-refractivity contribution in [3.63, 3.8) is 0 Å². The molecule has 1 saturated heterocycles. The van der Waals surface area contributed by atoms with Crippen molar-refractivity contribution in [1.29, 1.82) is 0 Å². The van der Waals surface area contributed by atoms with Gasteiger partial charge in [0.2, 0.25) is 10.0 Å². The first-order chi connectivity index (χ1) is 16.9. The molecule has 1 fully saturated rings. The van der Waals surface area contributed by atoms with Crippen molar-refractivity contribution >= 4 is 15.9 Å². The molecule has 1 aliphatic heterocycles. The quantitative estimate of drug-likeness (QED) is 0.421. The van der Waals surface area contributed by atoms with Crippen molar-refractivity contribution < 1.29 is 17.7 Å². The first-order valence-electron chi connectivity index (χ1n) is 11.1. The fourth-order valence-electron chi connectivity index (χ4n) is 4.23. The number of hydrogen-bond acceptors (Lipinski definition) is 7. The minimum absolute atomic E-state index is 0.0975. The molecule has 1 aliphatic rings. The maximum absolute atomic E-state index is 13.6. The molecule has 4 aromatic rings. The molecule has 4 heterocycles. The van der Waals surface area contributed by atoms with E-state index in [2.05, 4.69) is 15.2 Å². The fourth-order valence-corrected chi connectivity index (χ4v) is 5.95. The van der Waals surface area contributed by atoms with Gasteiger partial charge in [0, 0.05) is 50.3 Å². The van der Waals surface area contributed by atoms with Crippen LogP contribution in [0.1, 0.15) is 21.8 Å². The van der Waals surface area contributed by atoms with Gasteiger partial charge >= 0.3 is 0 Å². The molecule has 180 valence electrons. The van der Waals surface area contributed by atoms with Gasteiger partial charge in [0.05, 0.1) is 11.3 Å². The lowest BCUT2D eigenvalue weighted by Gasteiger charge is -2.33. The summed E-state index contributed by atoms with van der Waals surface area (Å²) in [6.45, 7) is 4.04. The predicted octanol–water partition coefficient (Wildman–Crippen LogP) is 2.69. The Morgan fingerprint density at radius 3 is 2.37 bits per heavy atom. The lowest BCUT2D eigenvalue weighted by Crippen LogP contribution is -2.50. The monoisotopic (exact) mass is 492 g/mol. The van der Waals surface area contributed by atoms with Crippen LogP contribution >= 0.6 is 0 Å². The van der Waals surface area contributed by atoms with Crippen molar-refractivity contribution in [2.45, 2.75) is 18.7 Å². The van der Waals surface area contributed by atoms with Crippen molar-refractivity contribution in [2.75, 3.05) is 26.2 Å². The van der Waals surface area contributed by atoms with E-state index < -0.39 is 10.0 Å². The summed E-state index contributed by atoms with van der Waals surface area (Å²) in [6.07, 6.45) is 5.05. The van der Waals surface area contributed by atoms with E-state index in [4.69, 9.17) is 4.52 Å². The summed E-state index contributed by atoms with van der Waals surface area (Å²) in [4.78, 5) is 19.5. The number of aromatic nitrogens is 4. The molecule has 5 rings (SSSR count). The van der Waals surface area contributed by atoms with Crippen LogP contribution in [-0.4, -0.2) is 69.6 Å². The van der Waals surface area contributed by atoms with Gasteiger partial charge in [0.25, 0.3) is 5.91 Å². The maximum atomic E-state index is 13.6. The summed E-state index contributed by atoms with van der Waals surface area (Å²) in [7, 11) is -3.76. The number of carbonyl (C=O) groups is 1. The molecule has 0 bridgehead atoms. The topological polar surface area (TPSA) is 114 Å². The first-order valence-corrected chi connectivity index (χ1v) is 12.6. The third-order valence-electron chi connectivity index (χ3n) is 5.99. The summed E-state index contributed by atoms with van der Waals surface area (Å²) < 4.78 is 34.4. The van der Waals surface area contributed by atoms with E-state index in [0.717, 1.165) is 11.3 Å². The van der Waals surface area contributed by atoms with Crippen LogP contribution in [0.25, 0.3) is 16.9 Å². The second-order valence-corrected chi connectivity index (χ2v) is 10.1. The number of aryl methyl sites for hydroxylation is 2. The van der Waals surface area contributed by atoms with Gasteiger partial charge in [0.15, 0.2) is 5.76 Å². The number of amides is 1. The Hall–Kier alpha value is -3.83. The molecule has 10 nitrogen and oxygen atoms in total. The highest BCUT2D eigenvalue weighted by atomic mass is 32.2. The van der Waals surface area contributed by atoms with Crippen LogP contribution in [0.2, 0.25) is 0 Å². The van der Waals surface area contributed by atoms with E-state index in [1.807, 2.05) is 36.4 Å². The number of sulfonamides is 1.